The Morgan fingerprint density at radius 2 is 1.90 bits per heavy atom. The molecule has 0 bridgehead atoms. The monoisotopic (exact) mass is 312 g/mol. The van der Waals surface area contributed by atoms with E-state index in [1.807, 2.05) is 6.92 Å². The Bertz CT molecular complexity index is 583. The maximum atomic E-state index is 12.2. The van der Waals surface area contributed by atoms with Gasteiger partial charge in [0.05, 0.1) is 4.90 Å². The molecule has 2 N–H and O–H groups in total. The fourth-order valence-corrected chi connectivity index (χ4v) is 3.03. The maximum absolute atomic E-state index is 12.2. The molecule has 0 aliphatic heterocycles. The third kappa shape index (κ3) is 5.13. The lowest BCUT2D eigenvalue weighted by molar-refractivity contribution is 0.0955. The van der Waals surface area contributed by atoms with Gasteiger partial charge in [-0.25, -0.2) is 13.1 Å². The first kappa shape index (κ1) is 17.7. The Morgan fingerprint density at radius 3 is 2.52 bits per heavy atom. The minimum absolute atomic E-state index is 0.130. The fraction of sp³-hybridized carbons (Fsp3) is 0.533. The molecule has 5 nitrogen and oxygen atoms in total. The number of unbranched alkanes of at least 4 members (excludes halogenated alkanes) is 2. The van der Waals surface area contributed by atoms with Crippen molar-refractivity contribution in [1.29, 1.82) is 0 Å². The molecule has 6 heteroatoms. The molecule has 118 valence electrons. The Morgan fingerprint density at radius 1 is 1.19 bits per heavy atom. The van der Waals surface area contributed by atoms with Gasteiger partial charge in [-0.05, 0) is 38.0 Å². The molecule has 0 spiro atoms. The third-order valence-electron chi connectivity index (χ3n) is 3.17. The van der Waals surface area contributed by atoms with Gasteiger partial charge in [0.15, 0.2) is 0 Å². The maximum Gasteiger partial charge on any atom is 0.251 e. The van der Waals surface area contributed by atoms with Gasteiger partial charge in [0, 0.05) is 18.7 Å². The minimum atomic E-state index is -3.56. The molecular weight excluding hydrogens is 288 g/mol. The van der Waals surface area contributed by atoms with Gasteiger partial charge < -0.3 is 5.32 Å². The molecule has 0 aromatic heterocycles. The Labute approximate surface area is 127 Å². The van der Waals surface area contributed by atoms with Gasteiger partial charge >= 0.3 is 0 Å². The summed E-state index contributed by atoms with van der Waals surface area (Å²) < 4.78 is 27.0. The van der Waals surface area contributed by atoms with Crippen LogP contribution in [0.5, 0.6) is 0 Å². The molecule has 1 aromatic carbocycles. The topological polar surface area (TPSA) is 75.3 Å². The summed E-state index contributed by atoms with van der Waals surface area (Å²) in [5.74, 6) is -0.252. The summed E-state index contributed by atoms with van der Waals surface area (Å²) in [6.45, 7) is 6.59. The van der Waals surface area contributed by atoms with Crippen LogP contribution >= 0.6 is 0 Å². The van der Waals surface area contributed by atoms with Gasteiger partial charge in [0.25, 0.3) is 5.91 Å². The highest BCUT2D eigenvalue weighted by atomic mass is 32.2. The highest BCUT2D eigenvalue weighted by Crippen LogP contribution is 2.15. The van der Waals surface area contributed by atoms with Crippen molar-refractivity contribution in [3.8, 4) is 0 Å². The molecule has 1 aromatic rings. The molecule has 0 aliphatic rings. The van der Waals surface area contributed by atoms with Gasteiger partial charge in [-0.15, -0.1) is 0 Å². The first-order valence-corrected chi connectivity index (χ1v) is 8.79. The zero-order chi connectivity index (χ0) is 15.9. The van der Waals surface area contributed by atoms with Crippen LogP contribution in [0.1, 0.15) is 49.0 Å². The van der Waals surface area contributed by atoms with E-state index < -0.39 is 10.0 Å². The van der Waals surface area contributed by atoms with Gasteiger partial charge in [0.2, 0.25) is 10.0 Å². The molecule has 0 saturated carbocycles. The Hall–Kier alpha value is -1.40. The zero-order valence-corrected chi connectivity index (χ0v) is 13.7. The van der Waals surface area contributed by atoms with Gasteiger partial charge in [-0.3, -0.25) is 4.79 Å². The number of aryl methyl sites for hydroxylation is 1. The van der Waals surface area contributed by atoms with Crippen LogP contribution in [0.2, 0.25) is 0 Å². The molecular formula is C15H24N2O3S. The van der Waals surface area contributed by atoms with Gasteiger partial charge in [0.1, 0.15) is 0 Å². The van der Waals surface area contributed by atoms with Gasteiger partial charge in [-0.1, -0.05) is 25.8 Å². The first-order chi connectivity index (χ1) is 9.92. The summed E-state index contributed by atoms with van der Waals surface area (Å²) in [4.78, 5) is 12.0. The summed E-state index contributed by atoms with van der Waals surface area (Å²) in [5, 5.41) is 2.69. The van der Waals surface area contributed by atoms with Crippen molar-refractivity contribution in [2.24, 2.45) is 0 Å². The molecule has 1 amide bonds. The van der Waals surface area contributed by atoms with Crippen molar-refractivity contribution in [2.45, 2.75) is 44.9 Å². The number of hydrogen-bond donors (Lipinski definition) is 2. The summed E-state index contributed by atoms with van der Waals surface area (Å²) in [6, 6.07) is 4.62. The number of benzene rings is 1. The Balaban J connectivity index is 2.92. The molecule has 0 heterocycles. The third-order valence-corrected chi connectivity index (χ3v) is 4.63. The van der Waals surface area contributed by atoms with Crippen molar-refractivity contribution in [3.05, 3.63) is 29.3 Å². The zero-order valence-electron chi connectivity index (χ0n) is 12.9. The molecule has 0 saturated heterocycles. The lowest BCUT2D eigenvalue weighted by atomic mass is 10.1. The average molecular weight is 312 g/mol. The lowest BCUT2D eigenvalue weighted by Crippen LogP contribution is -2.27. The van der Waals surface area contributed by atoms with E-state index in [0.29, 0.717) is 18.7 Å². The predicted octanol–water partition coefficient (Wildman–Crippen LogP) is 2.21. The molecule has 0 aliphatic carbocycles. The van der Waals surface area contributed by atoms with Crippen molar-refractivity contribution in [3.63, 3.8) is 0 Å². The van der Waals surface area contributed by atoms with E-state index in [9.17, 15) is 13.2 Å². The SMILES string of the molecule is CCCCCNS(=O)(=O)c1ccc(C)c(C(=O)NCC)c1. The van der Waals surface area contributed by atoms with Crippen LogP contribution in [0.25, 0.3) is 0 Å². The number of rotatable bonds is 8. The normalized spacial score (nSPS) is 11.4. The minimum Gasteiger partial charge on any atom is -0.352 e. The number of carbonyl (C=O) groups is 1. The van der Waals surface area contributed by atoms with Gasteiger partial charge in [-0.2, -0.15) is 0 Å². The van der Waals surface area contributed by atoms with Crippen LogP contribution in [0.4, 0.5) is 0 Å². The van der Waals surface area contributed by atoms with Crippen molar-refractivity contribution >= 4 is 15.9 Å². The predicted molar refractivity (Wildman–Crippen MR) is 83.9 cm³/mol. The average Bonchev–Trinajstić information content (AvgIpc) is 2.44. The fourth-order valence-electron chi connectivity index (χ4n) is 1.93. The summed E-state index contributed by atoms with van der Waals surface area (Å²) in [7, 11) is -3.56. The van der Waals surface area contributed by atoms with E-state index in [4.69, 9.17) is 0 Å². The van der Waals surface area contributed by atoms with Crippen LogP contribution in [0.15, 0.2) is 23.1 Å². The van der Waals surface area contributed by atoms with E-state index >= 15 is 0 Å². The molecule has 0 radical (unpaired) electrons. The second-order valence-electron chi connectivity index (χ2n) is 4.94. The molecule has 1 rings (SSSR count). The quantitative estimate of drug-likeness (QED) is 0.723. The van der Waals surface area contributed by atoms with Crippen molar-refractivity contribution in [2.75, 3.05) is 13.1 Å². The largest absolute Gasteiger partial charge is 0.352 e. The first-order valence-electron chi connectivity index (χ1n) is 7.31. The van der Waals surface area contributed by atoms with Crippen LogP contribution in [0, 0.1) is 6.92 Å². The molecule has 0 fully saturated rings. The summed E-state index contributed by atoms with van der Waals surface area (Å²) >= 11 is 0. The van der Waals surface area contributed by atoms with Crippen molar-refractivity contribution in [1.82, 2.24) is 10.0 Å². The highest BCUT2D eigenvalue weighted by molar-refractivity contribution is 7.89. The molecule has 0 unspecified atom stereocenters. The summed E-state index contributed by atoms with van der Waals surface area (Å²) in [5.41, 5.74) is 1.15. The number of hydrogen-bond acceptors (Lipinski definition) is 3. The van der Waals surface area contributed by atoms with E-state index in [1.54, 1.807) is 13.0 Å². The number of amides is 1. The van der Waals surface area contributed by atoms with Crippen LogP contribution in [0.3, 0.4) is 0 Å². The second kappa shape index (κ2) is 8.14. The number of carbonyl (C=O) groups excluding carboxylic acids is 1. The standard InChI is InChI=1S/C15H24N2O3S/c1-4-6-7-10-17-21(19,20)13-9-8-12(3)14(11-13)15(18)16-5-2/h8-9,11,17H,4-7,10H2,1-3H3,(H,16,18). The van der Waals surface area contributed by atoms with Crippen LogP contribution < -0.4 is 10.0 Å². The van der Waals surface area contributed by atoms with Crippen LogP contribution in [-0.2, 0) is 10.0 Å². The number of sulfonamides is 1. The number of nitrogens with one attached hydrogen (secondary N) is 2. The smallest absolute Gasteiger partial charge is 0.251 e. The van der Waals surface area contributed by atoms with E-state index in [0.717, 1.165) is 24.8 Å². The highest BCUT2D eigenvalue weighted by Gasteiger charge is 2.17. The van der Waals surface area contributed by atoms with E-state index in [-0.39, 0.29) is 10.8 Å². The van der Waals surface area contributed by atoms with E-state index in [1.165, 1.54) is 12.1 Å². The Kier molecular flexibility index (Phi) is 6.84. The van der Waals surface area contributed by atoms with Crippen molar-refractivity contribution < 1.29 is 13.2 Å². The van der Waals surface area contributed by atoms with E-state index in [2.05, 4.69) is 17.0 Å². The molecule has 21 heavy (non-hydrogen) atoms. The second-order valence-corrected chi connectivity index (χ2v) is 6.71. The van der Waals surface area contributed by atoms with Crippen LogP contribution in [-0.4, -0.2) is 27.4 Å². The molecule has 0 atom stereocenters. The lowest BCUT2D eigenvalue weighted by Gasteiger charge is -2.10. The summed E-state index contributed by atoms with van der Waals surface area (Å²) in [6.07, 6.45) is 2.83.